The number of ketones is 2. The number of fused-ring (bicyclic) bond motifs is 4. The lowest BCUT2D eigenvalue weighted by Gasteiger charge is -2.56. The molecule has 3 unspecified atom stereocenters. The van der Waals surface area contributed by atoms with Crippen molar-refractivity contribution in [1.82, 2.24) is 0 Å². The topological polar surface area (TPSA) is 37.4 Å². The Morgan fingerprint density at radius 2 is 1.80 bits per heavy atom. The van der Waals surface area contributed by atoms with Crippen molar-refractivity contribution in [2.45, 2.75) is 78.1 Å². The monoisotopic (exact) mass is 471 g/mol. The molecule has 0 amide bonds. The van der Waals surface area contributed by atoms with Crippen LogP contribution in [0.5, 0.6) is 0 Å². The summed E-state index contributed by atoms with van der Waals surface area (Å²) in [7, 11) is 4.16. The van der Waals surface area contributed by atoms with E-state index in [1.54, 1.807) is 5.57 Å². The van der Waals surface area contributed by atoms with Crippen LogP contribution in [0.2, 0.25) is 0 Å². The van der Waals surface area contributed by atoms with E-state index in [4.69, 9.17) is 0 Å². The van der Waals surface area contributed by atoms with Gasteiger partial charge in [0.05, 0.1) is 0 Å². The minimum absolute atomic E-state index is 0.0525. The molecule has 0 bridgehead atoms. The second kappa shape index (κ2) is 8.61. The predicted octanol–water partition coefficient (Wildman–Crippen LogP) is 7.19. The quantitative estimate of drug-likeness (QED) is 0.426. The highest BCUT2D eigenvalue weighted by molar-refractivity contribution is 5.93. The lowest BCUT2D eigenvalue weighted by Crippen LogP contribution is -2.50. The lowest BCUT2D eigenvalue weighted by atomic mass is 9.47. The molecule has 35 heavy (non-hydrogen) atoms. The number of rotatable bonds is 5. The third-order valence-corrected chi connectivity index (χ3v) is 10.2. The van der Waals surface area contributed by atoms with Gasteiger partial charge < -0.3 is 4.90 Å². The van der Waals surface area contributed by atoms with Gasteiger partial charge in [0.25, 0.3) is 0 Å². The zero-order chi connectivity index (χ0) is 25.1. The van der Waals surface area contributed by atoms with Crippen LogP contribution >= 0.6 is 0 Å². The summed E-state index contributed by atoms with van der Waals surface area (Å²) in [5.41, 5.74) is 7.69. The normalized spacial score (nSPS) is 34.0. The van der Waals surface area contributed by atoms with Crippen molar-refractivity contribution in [3.8, 4) is 0 Å². The molecule has 0 aromatic heterocycles. The summed E-state index contributed by atoms with van der Waals surface area (Å²) in [5.74, 6) is 1.95. The maximum absolute atomic E-state index is 13.4. The third kappa shape index (κ3) is 3.69. The van der Waals surface area contributed by atoms with Crippen molar-refractivity contribution >= 4 is 17.3 Å². The summed E-state index contributed by atoms with van der Waals surface area (Å²) >= 11 is 0. The predicted molar refractivity (Wildman–Crippen MR) is 144 cm³/mol. The second-order valence-electron chi connectivity index (χ2n) is 12.3. The summed E-state index contributed by atoms with van der Waals surface area (Å²) in [6, 6.07) is 9.08. The average Bonchev–Trinajstić information content (AvgIpc) is 3.10. The minimum atomic E-state index is -0.319. The zero-order valence-electron chi connectivity index (χ0n) is 22.2. The van der Waals surface area contributed by atoms with E-state index in [2.05, 4.69) is 63.7 Å². The van der Waals surface area contributed by atoms with Gasteiger partial charge >= 0.3 is 0 Å². The molecule has 3 nitrogen and oxygen atoms in total. The van der Waals surface area contributed by atoms with Crippen LogP contribution in [0.3, 0.4) is 0 Å². The van der Waals surface area contributed by atoms with Crippen molar-refractivity contribution in [2.75, 3.05) is 19.0 Å². The molecule has 5 rings (SSSR count). The number of carbonyl (C=O) groups excluding carboxylic acids is 2. The van der Waals surface area contributed by atoms with Crippen LogP contribution in [0, 0.1) is 22.7 Å². The van der Waals surface area contributed by atoms with E-state index in [0.717, 1.165) is 50.5 Å². The molecule has 186 valence electrons. The zero-order valence-corrected chi connectivity index (χ0v) is 22.2. The second-order valence-corrected chi connectivity index (χ2v) is 12.3. The Hall–Kier alpha value is -2.42. The number of hydrogen-bond donors (Lipinski definition) is 0. The average molecular weight is 472 g/mol. The summed E-state index contributed by atoms with van der Waals surface area (Å²) in [4.78, 5) is 27.9. The summed E-state index contributed by atoms with van der Waals surface area (Å²) in [6.45, 7) is 10.6. The van der Waals surface area contributed by atoms with E-state index in [9.17, 15) is 9.59 Å². The van der Waals surface area contributed by atoms with E-state index < -0.39 is 0 Å². The Kier molecular flexibility index (Phi) is 5.97. The van der Waals surface area contributed by atoms with E-state index in [0.29, 0.717) is 30.0 Å². The first-order valence-electron chi connectivity index (χ1n) is 13.5. The van der Waals surface area contributed by atoms with Crippen LogP contribution < -0.4 is 4.90 Å². The van der Waals surface area contributed by atoms with Crippen LogP contribution in [-0.4, -0.2) is 25.7 Å². The molecule has 0 N–H and O–H groups in total. The molecule has 0 saturated heterocycles. The first kappa shape index (κ1) is 24.3. The van der Waals surface area contributed by atoms with Crippen molar-refractivity contribution in [2.24, 2.45) is 22.7 Å². The number of carbonyl (C=O) groups is 2. The van der Waals surface area contributed by atoms with Crippen LogP contribution in [-0.2, 0) is 9.59 Å². The number of anilines is 1. The van der Waals surface area contributed by atoms with Crippen LogP contribution in [0.15, 0.2) is 59.2 Å². The maximum atomic E-state index is 13.4. The Balaban J connectivity index is 1.68. The molecule has 0 aliphatic heterocycles. The van der Waals surface area contributed by atoms with Crippen molar-refractivity contribution in [3.63, 3.8) is 0 Å². The van der Waals surface area contributed by atoms with Crippen LogP contribution in [0.4, 0.5) is 5.69 Å². The largest absolute Gasteiger partial charge is 0.378 e. The summed E-state index contributed by atoms with van der Waals surface area (Å²) < 4.78 is 0. The van der Waals surface area contributed by atoms with Gasteiger partial charge in [0, 0.05) is 37.5 Å². The van der Waals surface area contributed by atoms with Gasteiger partial charge in [0.15, 0.2) is 5.78 Å². The van der Waals surface area contributed by atoms with Gasteiger partial charge in [0.2, 0.25) is 0 Å². The first-order valence-corrected chi connectivity index (χ1v) is 13.5. The highest BCUT2D eigenvalue weighted by atomic mass is 16.1. The van der Waals surface area contributed by atoms with Crippen molar-refractivity contribution < 1.29 is 9.59 Å². The fourth-order valence-electron chi connectivity index (χ4n) is 8.59. The smallest absolute Gasteiger partial charge is 0.156 e. The SMILES string of the molecule is C=C(C)C[C@]1(C(C)=O)CC[C@H]2C3CCC4=CC(=O)CCC4=C3C(c3ccc(N(C)C)cc3)CC21C. The number of Topliss-reactive ketones (excluding diaryl/α,β-unsaturated/α-hetero) is 1. The molecule has 1 aromatic carbocycles. The van der Waals surface area contributed by atoms with E-state index in [-0.39, 0.29) is 16.6 Å². The molecule has 0 heterocycles. The standard InChI is InChI=1S/C32H41NO2/c1-20(2)18-32(21(3)34)16-15-29-27-13-9-23-17-25(35)12-14-26(23)30(27)28(19-31(29,32)4)22-7-10-24(11-8-22)33(5)6/h7-8,10-11,17,27-29H,1,9,12-16,18-19H2,2-6H3/t27?,28?,29-,31?,32-/m0/s1. The Bertz CT molecular complexity index is 1140. The molecule has 1 aromatic rings. The number of nitrogens with zero attached hydrogens (tertiary/aromatic N) is 1. The van der Waals surface area contributed by atoms with Gasteiger partial charge in [-0.05, 0) is 111 Å². The van der Waals surface area contributed by atoms with Gasteiger partial charge in [-0.2, -0.15) is 0 Å². The molecule has 5 atom stereocenters. The fourth-order valence-corrected chi connectivity index (χ4v) is 8.59. The summed E-state index contributed by atoms with van der Waals surface area (Å²) in [6.07, 6.45) is 9.47. The molecule has 2 fully saturated rings. The Morgan fingerprint density at radius 1 is 1.09 bits per heavy atom. The minimum Gasteiger partial charge on any atom is -0.378 e. The maximum Gasteiger partial charge on any atom is 0.156 e. The van der Waals surface area contributed by atoms with Crippen molar-refractivity contribution in [3.05, 3.63) is 64.8 Å². The van der Waals surface area contributed by atoms with E-state index in [1.807, 2.05) is 13.0 Å². The van der Waals surface area contributed by atoms with E-state index >= 15 is 0 Å². The molecular formula is C32H41NO2. The van der Waals surface area contributed by atoms with Crippen LogP contribution in [0.1, 0.15) is 83.6 Å². The van der Waals surface area contributed by atoms with Gasteiger partial charge in [-0.3, -0.25) is 9.59 Å². The number of allylic oxidation sites excluding steroid dienone is 5. The molecule has 2 saturated carbocycles. The van der Waals surface area contributed by atoms with Gasteiger partial charge in [-0.1, -0.05) is 30.2 Å². The van der Waals surface area contributed by atoms with Gasteiger partial charge in [-0.15, -0.1) is 6.58 Å². The van der Waals surface area contributed by atoms with E-state index in [1.165, 1.54) is 22.4 Å². The van der Waals surface area contributed by atoms with Gasteiger partial charge in [-0.25, -0.2) is 0 Å². The Labute approximate surface area is 211 Å². The molecule has 4 aliphatic rings. The van der Waals surface area contributed by atoms with Crippen molar-refractivity contribution in [1.29, 1.82) is 0 Å². The molecule has 0 radical (unpaired) electrons. The number of benzene rings is 1. The third-order valence-electron chi connectivity index (χ3n) is 10.2. The Morgan fingerprint density at radius 3 is 2.43 bits per heavy atom. The van der Waals surface area contributed by atoms with Crippen LogP contribution in [0.25, 0.3) is 0 Å². The highest BCUT2D eigenvalue weighted by Crippen LogP contribution is 2.71. The summed E-state index contributed by atoms with van der Waals surface area (Å²) in [5, 5.41) is 0. The first-order chi connectivity index (χ1) is 16.6. The molecule has 4 aliphatic carbocycles. The lowest BCUT2D eigenvalue weighted by molar-refractivity contribution is -0.136. The molecule has 0 spiro atoms. The highest BCUT2D eigenvalue weighted by Gasteiger charge is 2.64. The molecular weight excluding hydrogens is 430 g/mol. The molecule has 3 heteroatoms. The number of hydrogen-bond acceptors (Lipinski definition) is 3. The van der Waals surface area contributed by atoms with Gasteiger partial charge in [0.1, 0.15) is 5.78 Å². The fraction of sp³-hybridized carbons (Fsp3) is 0.562.